The molecule has 19 heavy (non-hydrogen) atoms. The van der Waals surface area contributed by atoms with E-state index < -0.39 is 0 Å². The van der Waals surface area contributed by atoms with Crippen LogP contribution in [0.5, 0.6) is 0 Å². The topological polar surface area (TPSA) is 15.3 Å². The first kappa shape index (κ1) is 14.2. The largest absolute Gasteiger partial charge is 0.311 e. The van der Waals surface area contributed by atoms with Crippen LogP contribution in [0.15, 0.2) is 0 Å². The SMILES string of the molecule is CSC1(CN2CC(C3CC3)NCC2C(C)C)CCC1. The zero-order chi connectivity index (χ0) is 13.5. The number of rotatable bonds is 5. The van der Waals surface area contributed by atoms with Crippen molar-refractivity contribution in [1.82, 2.24) is 10.2 Å². The van der Waals surface area contributed by atoms with Gasteiger partial charge in [0.15, 0.2) is 0 Å². The van der Waals surface area contributed by atoms with Gasteiger partial charge in [-0.15, -0.1) is 0 Å². The lowest BCUT2D eigenvalue weighted by Crippen LogP contribution is -2.62. The molecule has 3 heteroatoms. The van der Waals surface area contributed by atoms with Crippen molar-refractivity contribution in [3.05, 3.63) is 0 Å². The lowest BCUT2D eigenvalue weighted by atomic mass is 9.82. The highest BCUT2D eigenvalue weighted by atomic mass is 32.2. The second-order valence-electron chi connectivity index (χ2n) is 7.33. The lowest BCUT2D eigenvalue weighted by Gasteiger charge is -2.50. The van der Waals surface area contributed by atoms with Crippen LogP contribution in [0.4, 0.5) is 0 Å². The summed E-state index contributed by atoms with van der Waals surface area (Å²) in [4.78, 5) is 2.85. The maximum Gasteiger partial charge on any atom is 0.0284 e. The summed E-state index contributed by atoms with van der Waals surface area (Å²) in [5, 5.41) is 3.83. The summed E-state index contributed by atoms with van der Waals surface area (Å²) in [6.45, 7) is 8.63. The monoisotopic (exact) mass is 282 g/mol. The molecule has 2 aliphatic carbocycles. The predicted octanol–water partition coefficient (Wildman–Crippen LogP) is 2.98. The molecule has 0 spiro atoms. The van der Waals surface area contributed by atoms with Crippen LogP contribution in [0.25, 0.3) is 0 Å². The molecule has 1 saturated heterocycles. The van der Waals surface area contributed by atoms with Gasteiger partial charge in [-0.3, -0.25) is 4.90 Å². The fourth-order valence-electron chi connectivity index (χ4n) is 3.88. The van der Waals surface area contributed by atoms with Crippen LogP contribution in [0.2, 0.25) is 0 Å². The maximum atomic E-state index is 3.83. The number of hydrogen-bond acceptors (Lipinski definition) is 3. The summed E-state index contributed by atoms with van der Waals surface area (Å²) >= 11 is 2.13. The Hall–Kier alpha value is 0.270. The standard InChI is InChI=1S/C16H30N2S/c1-12(2)15-9-17-14(13-5-6-13)10-18(15)11-16(19-3)7-4-8-16/h12-15,17H,4-11H2,1-3H3. The fourth-order valence-corrected chi connectivity index (χ4v) is 4.87. The summed E-state index contributed by atoms with van der Waals surface area (Å²) in [7, 11) is 0. The molecule has 2 nitrogen and oxygen atoms in total. The first-order valence-electron chi connectivity index (χ1n) is 8.16. The highest BCUT2D eigenvalue weighted by Gasteiger charge is 2.43. The Kier molecular flexibility index (Phi) is 4.17. The fraction of sp³-hybridized carbons (Fsp3) is 1.00. The molecular weight excluding hydrogens is 252 g/mol. The Bertz CT molecular complexity index is 304. The van der Waals surface area contributed by atoms with E-state index in [9.17, 15) is 0 Å². The van der Waals surface area contributed by atoms with Gasteiger partial charge in [0.2, 0.25) is 0 Å². The minimum absolute atomic E-state index is 0.596. The molecule has 0 radical (unpaired) electrons. The Balaban J connectivity index is 1.65. The number of nitrogens with one attached hydrogen (secondary N) is 1. The summed E-state index contributed by atoms with van der Waals surface area (Å²) in [5.74, 6) is 1.76. The van der Waals surface area contributed by atoms with E-state index in [1.807, 2.05) is 0 Å². The lowest BCUT2D eigenvalue weighted by molar-refractivity contribution is 0.0701. The number of piperazine rings is 1. The number of hydrogen-bond donors (Lipinski definition) is 1. The van der Waals surface area contributed by atoms with Crippen molar-refractivity contribution in [3.8, 4) is 0 Å². The Morgan fingerprint density at radius 3 is 2.53 bits per heavy atom. The minimum Gasteiger partial charge on any atom is -0.311 e. The summed E-state index contributed by atoms with van der Waals surface area (Å²) in [6, 6.07) is 1.54. The van der Waals surface area contributed by atoms with Gasteiger partial charge in [-0.25, -0.2) is 0 Å². The van der Waals surface area contributed by atoms with Crippen molar-refractivity contribution in [2.45, 2.75) is 62.8 Å². The van der Waals surface area contributed by atoms with Crippen LogP contribution in [0.3, 0.4) is 0 Å². The van der Waals surface area contributed by atoms with Crippen LogP contribution < -0.4 is 5.32 Å². The molecule has 2 atom stereocenters. The van der Waals surface area contributed by atoms with Crippen molar-refractivity contribution in [2.24, 2.45) is 11.8 Å². The Labute approximate surface area is 123 Å². The van der Waals surface area contributed by atoms with Gasteiger partial charge in [0.25, 0.3) is 0 Å². The molecular formula is C16H30N2S. The van der Waals surface area contributed by atoms with E-state index in [0.717, 1.165) is 23.9 Å². The zero-order valence-corrected chi connectivity index (χ0v) is 13.6. The Morgan fingerprint density at radius 2 is 2.05 bits per heavy atom. The average Bonchev–Trinajstić information content (AvgIpc) is 3.17. The Morgan fingerprint density at radius 1 is 1.32 bits per heavy atom. The van der Waals surface area contributed by atoms with Crippen molar-refractivity contribution in [1.29, 1.82) is 0 Å². The molecule has 0 aromatic carbocycles. The second kappa shape index (κ2) is 5.57. The molecule has 0 aromatic rings. The highest BCUT2D eigenvalue weighted by molar-refractivity contribution is 8.00. The molecule has 0 amide bonds. The maximum absolute atomic E-state index is 3.83. The molecule has 1 aliphatic heterocycles. The van der Waals surface area contributed by atoms with Crippen LogP contribution in [-0.2, 0) is 0 Å². The van der Waals surface area contributed by atoms with Gasteiger partial charge in [-0.05, 0) is 43.8 Å². The molecule has 1 heterocycles. The molecule has 110 valence electrons. The molecule has 3 fully saturated rings. The van der Waals surface area contributed by atoms with E-state index >= 15 is 0 Å². The molecule has 0 bridgehead atoms. The smallest absolute Gasteiger partial charge is 0.0284 e. The van der Waals surface area contributed by atoms with Crippen LogP contribution >= 0.6 is 11.8 Å². The number of nitrogens with zero attached hydrogens (tertiary/aromatic N) is 1. The van der Waals surface area contributed by atoms with Crippen LogP contribution in [-0.4, -0.2) is 47.6 Å². The summed E-state index contributed by atoms with van der Waals surface area (Å²) < 4.78 is 0.596. The average molecular weight is 282 g/mol. The van der Waals surface area contributed by atoms with E-state index in [0.29, 0.717) is 4.75 Å². The predicted molar refractivity (Wildman–Crippen MR) is 84.8 cm³/mol. The van der Waals surface area contributed by atoms with E-state index in [1.54, 1.807) is 0 Å². The molecule has 1 N–H and O–H groups in total. The number of thioether (sulfide) groups is 1. The van der Waals surface area contributed by atoms with Gasteiger partial charge >= 0.3 is 0 Å². The summed E-state index contributed by atoms with van der Waals surface area (Å²) in [5.41, 5.74) is 0. The van der Waals surface area contributed by atoms with Gasteiger partial charge in [0.05, 0.1) is 0 Å². The highest BCUT2D eigenvalue weighted by Crippen LogP contribution is 2.44. The molecule has 2 saturated carbocycles. The molecule has 2 unspecified atom stereocenters. The van der Waals surface area contributed by atoms with Gasteiger partial charge in [-0.2, -0.15) is 11.8 Å². The van der Waals surface area contributed by atoms with Crippen molar-refractivity contribution in [2.75, 3.05) is 25.9 Å². The minimum atomic E-state index is 0.596. The van der Waals surface area contributed by atoms with Gasteiger partial charge in [-0.1, -0.05) is 20.3 Å². The van der Waals surface area contributed by atoms with Gasteiger partial charge < -0.3 is 5.32 Å². The van der Waals surface area contributed by atoms with Crippen LogP contribution in [0, 0.1) is 11.8 Å². The van der Waals surface area contributed by atoms with Crippen molar-refractivity contribution >= 4 is 11.8 Å². The van der Waals surface area contributed by atoms with Crippen molar-refractivity contribution < 1.29 is 0 Å². The second-order valence-corrected chi connectivity index (χ2v) is 8.61. The van der Waals surface area contributed by atoms with Gasteiger partial charge in [0, 0.05) is 36.5 Å². The van der Waals surface area contributed by atoms with E-state index in [1.165, 1.54) is 51.7 Å². The quantitative estimate of drug-likeness (QED) is 0.834. The molecule has 3 rings (SSSR count). The van der Waals surface area contributed by atoms with Crippen LogP contribution in [0.1, 0.15) is 46.0 Å². The van der Waals surface area contributed by atoms with E-state index in [2.05, 4.69) is 42.1 Å². The normalized spacial score (nSPS) is 35.4. The molecule has 3 aliphatic rings. The third-order valence-corrected chi connectivity index (χ3v) is 7.04. The zero-order valence-electron chi connectivity index (χ0n) is 12.8. The van der Waals surface area contributed by atoms with E-state index in [4.69, 9.17) is 0 Å². The van der Waals surface area contributed by atoms with Gasteiger partial charge in [0.1, 0.15) is 0 Å². The van der Waals surface area contributed by atoms with E-state index in [-0.39, 0.29) is 0 Å². The first-order valence-corrected chi connectivity index (χ1v) is 9.39. The first-order chi connectivity index (χ1) is 9.13. The third-order valence-electron chi connectivity index (χ3n) is 5.64. The summed E-state index contributed by atoms with van der Waals surface area (Å²) in [6.07, 6.45) is 9.58. The molecule has 0 aromatic heterocycles. The third kappa shape index (κ3) is 2.98. The van der Waals surface area contributed by atoms with Crippen molar-refractivity contribution in [3.63, 3.8) is 0 Å².